The number of hydrogen-bond donors (Lipinski definition) is 0. The van der Waals surface area contributed by atoms with Gasteiger partial charge in [0.05, 0.1) is 0 Å². The molecule has 0 nitrogen and oxygen atoms in total. The van der Waals surface area contributed by atoms with E-state index in [0.29, 0.717) is 6.08 Å². The molecule has 0 spiro atoms. The maximum Gasteiger partial charge on any atom is 0.409 e. The standard InChI is InChI=1S/C32H38F6/c1-2-3-21-4-6-22(7-5-21)8-9-23-10-12-24(13-11-23)25-14-15-27(29(33)18-25)26-19-30(34)28(31(35)20-26)16-17-32(36,37)38/h14-24H,2-13H2,1H3/b17-16+. The molecular weight excluding hydrogens is 498 g/mol. The van der Waals surface area contributed by atoms with E-state index in [0.717, 1.165) is 61.1 Å². The van der Waals surface area contributed by atoms with Crippen molar-refractivity contribution in [2.24, 2.45) is 17.8 Å². The second kappa shape index (κ2) is 12.7. The van der Waals surface area contributed by atoms with Crippen LogP contribution in [-0.2, 0) is 0 Å². The Labute approximate surface area is 222 Å². The minimum atomic E-state index is -4.69. The predicted octanol–water partition coefficient (Wildman–Crippen LogP) is 11.0. The second-order valence-corrected chi connectivity index (χ2v) is 11.4. The zero-order valence-corrected chi connectivity index (χ0v) is 22.1. The summed E-state index contributed by atoms with van der Waals surface area (Å²) in [4.78, 5) is 0. The molecule has 0 bridgehead atoms. The molecule has 2 aliphatic rings. The quantitative estimate of drug-likeness (QED) is 0.294. The molecule has 2 aliphatic carbocycles. The highest BCUT2D eigenvalue weighted by atomic mass is 19.4. The van der Waals surface area contributed by atoms with Gasteiger partial charge in [0.15, 0.2) is 0 Å². The van der Waals surface area contributed by atoms with E-state index in [4.69, 9.17) is 0 Å². The summed E-state index contributed by atoms with van der Waals surface area (Å²) in [7, 11) is 0. The maximum atomic E-state index is 15.0. The van der Waals surface area contributed by atoms with Crippen molar-refractivity contribution in [3.05, 3.63) is 65.0 Å². The van der Waals surface area contributed by atoms with Gasteiger partial charge >= 0.3 is 6.18 Å². The van der Waals surface area contributed by atoms with Gasteiger partial charge in [-0.25, -0.2) is 13.2 Å². The number of alkyl halides is 3. The fraction of sp³-hybridized carbons (Fsp3) is 0.562. The summed E-state index contributed by atoms with van der Waals surface area (Å²) in [5, 5.41) is 0. The molecule has 0 N–H and O–H groups in total. The summed E-state index contributed by atoms with van der Waals surface area (Å²) in [5.41, 5.74) is 0.0783. The normalized spacial score (nSPS) is 24.7. The lowest BCUT2D eigenvalue weighted by Crippen LogP contribution is -2.17. The number of hydrogen-bond acceptors (Lipinski definition) is 0. The fourth-order valence-electron chi connectivity index (χ4n) is 6.57. The Hall–Kier alpha value is -2.24. The number of rotatable bonds is 8. The third-order valence-corrected chi connectivity index (χ3v) is 8.79. The Bertz CT molecular complexity index is 1060. The molecule has 0 heterocycles. The molecule has 0 aromatic heterocycles. The Morgan fingerprint density at radius 1 is 0.711 bits per heavy atom. The van der Waals surface area contributed by atoms with Crippen molar-refractivity contribution in [3.8, 4) is 11.1 Å². The van der Waals surface area contributed by atoms with Crippen LogP contribution >= 0.6 is 0 Å². The molecule has 0 amide bonds. The van der Waals surface area contributed by atoms with Crippen molar-refractivity contribution in [1.29, 1.82) is 0 Å². The SMILES string of the molecule is CCCC1CCC(CCC2CCC(c3ccc(-c4cc(F)c(/C=C/C(F)(F)F)c(F)c4)c(F)c3)CC2)CC1. The number of halogens is 6. The lowest BCUT2D eigenvalue weighted by molar-refractivity contribution is -0.0790. The van der Waals surface area contributed by atoms with Gasteiger partial charge in [-0.05, 0) is 84.8 Å². The molecular formula is C32H38F6. The highest BCUT2D eigenvalue weighted by Crippen LogP contribution is 2.41. The summed E-state index contributed by atoms with van der Waals surface area (Å²) in [6.45, 7) is 2.28. The van der Waals surface area contributed by atoms with Gasteiger partial charge in [0.1, 0.15) is 17.5 Å². The van der Waals surface area contributed by atoms with Gasteiger partial charge in [-0.2, -0.15) is 13.2 Å². The van der Waals surface area contributed by atoms with Crippen molar-refractivity contribution in [2.75, 3.05) is 0 Å². The molecule has 0 unspecified atom stereocenters. The Kier molecular flexibility index (Phi) is 9.64. The highest BCUT2D eigenvalue weighted by molar-refractivity contribution is 5.67. The fourth-order valence-corrected chi connectivity index (χ4v) is 6.57. The van der Waals surface area contributed by atoms with Gasteiger partial charge in [-0.1, -0.05) is 70.4 Å². The Balaban J connectivity index is 1.32. The van der Waals surface area contributed by atoms with Crippen molar-refractivity contribution < 1.29 is 26.3 Å². The van der Waals surface area contributed by atoms with Crippen LogP contribution in [0, 0.1) is 35.2 Å². The van der Waals surface area contributed by atoms with Crippen LogP contribution in [0.2, 0.25) is 0 Å². The van der Waals surface area contributed by atoms with E-state index in [1.165, 1.54) is 63.5 Å². The van der Waals surface area contributed by atoms with E-state index in [2.05, 4.69) is 6.92 Å². The van der Waals surface area contributed by atoms with E-state index in [1.54, 1.807) is 0 Å². The van der Waals surface area contributed by atoms with Crippen LogP contribution in [0.15, 0.2) is 36.4 Å². The molecule has 0 atom stereocenters. The topological polar surface area (TPSA) is 0 Å². The van der Waals surface area contributed by atoms with E-state index >= 15 is 4.39 Å². The molecule has 2 fully saturated rings. The molecule has 2 aromatic carbocycles. The van der Waals surface area contributed by atoms with E-state index in [-0.39, 0.29) is 23.1 Å². The number of allylic oxidation sites excluding steroid dienone is 1. The lowest BCUT2D eigenvalue weighted by atomic mass is 9.74. The Morgan fingerprint density at radius 2 is 1.24 bits per heavy atom. The predicted molar refractivity (Wildman–Crippen MR) is 141 cm³/mol. The third kappa shape index (κ3) is 7.66. The van der Waals surface area contributed by atoms with E-state index < -0.39 is 29.2 Å². The molecule has 2 aromatic rings. The molecule has 6 heteroatoms. The summed E-state index contributed by atoms with van der Waals surface area (Å²) in [6, 6.07) is 6.52. The smallest absolute Gasteiger partial charge is 0.206 e. The van der Waals surface area contributed by atoms with Crippen LogP contribution in [0.4, 0.5) is 26.3 Å². The summed E-state index contributed by atoms with van der Waals surface area (Å²) < 4.78 is 80.9. The summed E-state index contributed by atoms with van der Waals surface area (Å²) in [5.74, 6) is -0.0984. The van der Waals surface area contributed by atoms with Crippen molar-refractivity contribution in [2.45, 2.75) is 96.1 Å². The second-order valence-electron chi connectivity index (χ2n) is 11.4. The van der Waals surface area contributed by atoms with E-state index in [1.807, 2.05) is 6.07 Å². The van der Waals surface area contributed by atoms with Crippen LogP contribution in [0.25, 0.3) is 17.2 Å². The lowest BCUT2D eigenvalue weighted by Gasteiger charge is -2.32. The van der Waals surface area contributed by atoms with Gasteiger partial charge in [0.2, 0.25) is 0 Å². The minimum absolute atomic E-state index is 0.0280. The van der Waals surface area contributed by atoms with Crippen molar-refractivity contribution in [3.63, 3.8) is 0 Å². The van der Waals surface area contributed by atoms with Crippen molar-refractivity contribution >= 4 is 6.08 Å². The van der Waals surface area contributed by atoms with Crippen molar-refractivity contribution in [1.82, 2.24) is 0 Å². The van der Waals surface area contributed by atoms with Gasteiger partial charge in [0, 0.05) is 17.2 Å². The molecule has 208 valence electrons. The average Bonchev–Trinajstić information content (AvgIpc) is 2.87. The van der Waals surface area contributed by atoms with E-state index in [9.17, 15) is 22.0 Å². The summed E-state index contributed by atoms with van der Waals surface area (Å²) >= 11 is 0. The van der Waals surface area contributed by atoms with Gasteiger partial charge < -0.3 is 0 Å². The molecule has 0 radical (unpaired) electrons. The van der Waals surface area contributed by atoms with Crippen LogP contribution in [0.5, 0.6) is 0 Å². The molecule has 38 heavy (non-hydrogen) atoms. The average molecular weight is 537 g/mol. The summed E-state index contributed by atoms with van der Waals surface area (Å²) in [6.07, 6.45) is 10.6. The first-order valence-corrected chi connectivity index (χ1v) is 14.2. The molecule has 4 rings (SSSR count). The number of benzene rings is 2. The third-order valence-electron chi connectivity index (χ3n) is 8.79. The first-order valence-electron chi connectivity index (χ1n) is 14.2. The van der Waals surface area contributed by atoms with Crippen LogP contribution < -0.4 is 0 Å². The zero-order valence-electron chi connectivity index (χ0n) is 22.1. The first-order chi connectivity index (χ1) is 18.1. The highest BCUT2D eigenvalue weighted by Gasteiger charge is 2.26. The zero-order chi connectivity index (χ0) is 27.3. The van der Waals surface area contributed by atoms with Crippen LogP contribution in [0.3, 0.4) is 0 Å². The molecule has 0 aliphatic heterocycles. The monoisotopic (exact) mass is 536 g/mol. The van der Waals surface area contributed by atoms with Crippen LogP contribution in [-0.4, -0.2) is 6.18 Å². The van der Waals surface area contributed by atoms with Gasteiger partial charge in [-0.15, -0.1) is 0 Å². The largest absolute Gasteiger partial charge is 0.409 e. The first kappa shape index (κ1) is 28.8. The maximum absolute atomic E-state index is 15.0. The van der Waals surface area contributed by atoms with Gasteiger partial charge in [-0.3, -0.25) is 0 Å². The molecule has 0 saturated heterocycles. The van der Waals surface area contributed by atoms with Crippen LogP contribution in [0.1, 0.15) is 101 Å². The minimum Gasteiger partial charge on any atom is -0.206 e. The Morgan fingerprint density at radius 3 is 1.74 bits per heavy atom. The molecule has 2 saturated carbocycles. The van der Waals surface area contributed by atoms with Gasteiger partial charge in [0.25, 0.3) is 0 Å².